The van der Waals surface area contributed by atoms with E-state index in [1.165, 1.54) is 35.7 Å². The predicted molar refractivity (Wildman–Crippen MR) is 90.7 cm³/mol. The molecule has 112 valence electrons. The largest absolute Gasteiger partial charge is 0.309 e. The third kappa shape index (κ3) is 4.00. The highest BCUT2D eigenvalue weighted by molar-refractivity contribution is 8.00. The molecule has 2 aliphatic rings. The lowest BCUT2D eigenvalue weighted by molar-refractivity contribution is 0.263. The zero-order chi connectivity index (χ0) is 14.1. The van der Waals surface area contributed by atoms with Crippen LogP contribution >= 0.6 is 23.1 Å². The monoisotopic (exact) mass is 310 g/mol. The average Bonchev–Trinajstić information content (AvgIpc) is 3.12. The van der Waals surface area contributed by atoms with Gasteiger partial charge in [-0.3, -0.25) is 4.90 Å². The summed E-state index contributed by atoms with van der Waals surface area (Å²) in [7, 11) is 0. The van der Waals surface area contributed by atoms with Gasteiger partial charge in [-0.05, 0) is 31.4 Å². The molecule has 2 fully saturated rings. The van der Waals surface area contributed by atoms with Crippen LogP contribution in [0.25, 0.3) is 0 Å². The normalized spacial score (nSPS) is 27.9. The zero-order valence-electron chi connectivity index (χ0n) is 12.8. The SMILES string of the molecule is Cc1sc(CNC2CC2)cc1CN1CC(C)SC(C)C1. The molecule has 0 aromatic carbocycles. The van der Waals surface area contributed by atoms with Gasteiger partial charge in [0, 0.05) is 52.5 Å². The van der Waals surface area contributed by atoms with E-state index in [2.05, 4.69) is 48.8 Å². The van der Waals surface area contributed by atoms with E-state index < -0.39 is 0 Å². The minimum atomic E-state index is 0.772. The van der Waals surface area contributed by atoms with Crippen LogP contribution in [0.3, 0.4) is 0 Å². The molecule has 0 bridgehead atoms. The number of rotatable bonds is 5. The number of nitrogens with one attached hydrogen (secondary N) is 1. The Labute approximate surface area is 131 Å². The van der Waals surface area contributed by atoms with Crippen LogP contribution in [0, 0.1) is 6.92 Å². The molecule has 0 spiro atoms. The Balaban J connectivity index is 1.58. The van der Waals surface area contributed by atoms with Crippen LogP contribution in [0.2, 0.25) is 0 Å². The second kappa shape index (κ2) is 6.39. The Morgan fingerprint density at radius 3 is 2.60 bits per heavy atom. The fourth-order valence-electron chi connectivity index (χ4n) is 3.02. The molecule has 1 N–H and O–H groups in total. The number of hydrogen-bond donors (Lipinski definition) is 1. The van der Waals surface area contributed by atoms with Crippen molar-refractivity contribution in [3.05, 3.63) is 21.4 Å². The molecule has 4 heteroatoms. The molecule has 2 nitrogen and oxygen atoms in total. The van der Waals surface area contributed by atoms with Crippen LogP contribution < -0.4 is 5.32 Å². The van der Waals surface area contributed by atoms with Gasteiger partial charge in [-0.25, -0.2) is 0 Å². The Morgan fingerprint density at radius 1 is 1.25 bits per heavy atom. The van der Waals surface area contributed by atoms with Crippen molar-refractivity contribution in [1.82, 2.24) is 10.2 Å². The first-order chi connectivity index (χ1) is 9.60. The van der Waals surface area contributed by atoms with Gasteiger partial charge < -0.3 is 5.32 Å². The first-order valence-corrected chi connectivity index (χ1v) is 9.55. The van der Waals surface area contributed by atoms with Gasteiger partial charge in [-0.2, -0.15) is 11.8 Å². The van der Waals surface area contributed by atoms with Gasteiger partial charge in [0.25, 0.3) is 0 Å². The van der Waals surface area contributed by atoms with Crippen LogP contribution in [0.15, 0.2) is 6.07 Å². The summed E-state index contributed by atoms with van der Waals surface area (Å²) in [6, 6.07) is 3.24. The van der Waals surface area contributed by atoms with Crippen molar-refractivity contribution in [2.45, 2.75) is 63.2 Å². The van der Waals surface area contributed by atoms with Gasteiger partial charge in [-0.1, -0.05) is 13.8 Å². The van der Waals surface area contributed by atoms with Gasteiger partial charge in [-0.15, -0.1) is 11.3 Å². The minimum absolute atomic E-state index is 0.772. The number of nitrogens with zero attached hydrogens (tertiary/aromatic N) is 1. The minimum Gasteiger partial charge on any atom is -0.309 e. The predicted octanol–water partition coefficient (Wildman–Crippen LogP) is 3.63. The molecule has 20 heavy (non-hydrogen) atoms. The third-order valence-corrected chi connectivity index (χ3v) is 6.42. The fourth-order valence-corrected chi connectivity index (χ4v) is 5.41. The third-order valence-electron chi connectivity index (χ3n) is 4.10. The lowest BCUT2D eigenvalue weighted by Gasteiger charge is -2.34. The highest BCUT2D eigenvalue weighted by Gasteiger charge is 2.23. The molecule has 1 aromatic rings. The summed E-state index contributed by atoms with van der Waals surface area (Å²) in [5, 5.41) is 5.17. The molecule has 3 rings (SSSR count). The Morgan fingerprint density at radius 2 is 1.95 bits per heavy atom. The Kier molecular flexibility index (Phi) is 4.75. The van der Waals surface area contributed by atoms with Crippen molar-refractivity contribution in [1.29, 1.82) is 0 Å². The van der Waals surface area contributed by atoms with Gasteiger partial charge in [0.05, 0.1) is 0 Å². The van der Waals surface area contributed by atoms with Crippen molar-refractivity contribution >= 4 is 23.1 Å². The molecular weight excluding hydrogens is 284 g/mol. The maximum absolute atomic E-state index is 3.62. The van der Waals surface area contributed by atoms with E-state index in [0.717, 1.165) is 29.6 Å². The summed E-state index contributed by atoms with van der Waals surface area (Å²) in [5.41, 5.74) is 1.55. The smallest absolute Gasteiger partial charge is 0.0302 e. The molecule has 1 saturated carbocycles. The van der Waals surface area contributed by atoms with E-state index in [9.17, 15) is 0 Å². The standard InChI is InChI=1S/C16H26N2S2/c1-11-8-18(9-12(2)19-11)10-14-6-16(20-13(14)3)7-17-15-4-5-15/h6,11-12,15,17H,4-5,7-10H2,1-3H3. The summed E-state index contributed by atoms with van der Waals surface area (Å²) in [4.78, 5) is 5.66. The Bertz CT molecular complexity index is 443. The number of hydrogen-bond acceptors (Lipinski definition) is 4. The van der Waals surface area contributed by atoms with Crippen molar-refractivity contribution in [2.75, 3.05) is 13.1 Å². The van der Waals surface area contributed by atoms with Crippen LogP contribution in [0.5, 0.6) is 0 Å². The van der Waals surface area contributed by atoms with E-state index >= 15 is 0 Å². The summed E-state index contributed by atoms with van der Waals surface area (Å²) in [6.45, 7) is 11.7. The molecule has 1 saturated heterocycles. The Hall–Kier alpha value is -0.0300. The van der Waals surface area contributed by atoms with Crippen molar-refractivity contribution < 1.29 is 0 Å². The summed E-state index contributed by atoms with van der Waals surface area (Å²) in [6.07, 6.45) is 2.75. The first kappa shape index (κ1) is 14.9. The summed E-state index contributed by atoms with van der Waals surface area (Å²) in [5.74, 6) is 0. The second-order valence-electron chi connectivity index (χ2n) is 6.40. The zero-order valence-corrected chi connectivity index (χ0v) is 14.4. The van der Waals surface area contributed by atoms with E-state index in [1.807, 2.05) is 11.3 Å². The highest BCUT2D eigenvalue weighted by Crippen LogP contribution is 2.29. The molecular formula is C16H26N2S2. The number of thiophene rings is 1. The maximum Gasteiger partial charge on any atom is 0.0302 e. The van der Waals surface area contributed by atoms with Gasteiger partial charge in [0.15, 0.2) is 0 Å². The lowest BCUT2D eigenvalue weighted by atomic mass is 10.2. The van der Waals surface area contributed by atoms with Crippen LogP contribution in [-0.4, -0.2) is 34.5 Å². The molecule has 2 heterocycles. The van der Waals surface area contributed by atoms with Crippen LogP contribution in [-0.2, 0) is 13.1 Å². The lowest BCUT2D eigenvalue weighted by Crippen LogP contribution is -2.39. The highest BCUT2D eigenvalue weighted by atomic mass is 32.2. The quantitative estimate of drug-likeness (QED) is 0.894. The second-order valence-corrected chi connectivity index (χ2v) is 9.62. The van der Waals surface area contributed by atoms with E-state index in [4.69, 9.17) is 0 Å². The molecule has 0 radical (unpaired) electrons. The molecule has 2 unspecified atom stereocenters. The van der Waals surface area contributed by atoms with Crippen molar-refractivity contribution in [2.24, 2.45) is 0 Å². The van der Waals surface area contributed by atoms with Gasteiger partial charge >= 0.3 is 0 Å². The van der Waals surface area contributed by atoms with Gasteiger partial charge in [0.2, 0.25) is 0 Å². The van der Waals surface area contributed by atoms with Gasteiger partial charge in [0.1, 0.15) is 0 Å². The fraction of sp³-hybridized carbons (Fsp3) is 0.750. The maximum atomic E-state index is 3.62. The molecule has 0 amide bonds. The number of aryl methyl sites for hydroxylation is 1. The van der Waals surface area contributed by atoms with Crippen molar-refractivity contribution in [3.8, 4) is 0 Å². The molecule has 1 aliphatic heterocycles. The van der Waals surface area contributed by atoms with E-state index in [0.29, 0.717) is 0 Å². The van der Waals surface area contributed by atoms with E-state index in [1.54, 1.807) is 5.56 Å². The molecule has 2 atom stereocenters. The van der Waals surface area contributed by atoms with E-state index in [-0.39, 0.29) is 0 Å². The number of thioether (sulfide) groups is 1. The summed E-state index contributed by atoms with van der Waals surface area (Å²) >= 11 is 4.11. The van der Waals surface area contributed by atoms with Crippen molar-refractivity contribution in [3.63, 3.8) is 0 Å². The molecule has 1 aromatic heterocycles. The topological polar surface area (TPSA) is 15.3 Å². The first-order valence-electron chi connectivity index (χ1n) is 7.79. The average molecular weight is 311 g/mol. The molecule has 1 aliphatic carbocycles. The summed E-state index contributed by atoms with van der Waals surface area (Å²) < 4.78 is 0. The van der Waals surface area contributed by atoms with Crippen LogP contribution in [0.1, 0.15) is 42.0 Å². The van der Waals surface area contributed by atoms with Crippen LogP contribution in [0.4, 0.5) is 0 Å².